The predicted octanol–water partition coefficient (Wildman–Crippen LogP) is 2.41. The fourth-order valence-electron chi connectivity index (χ4n) is 1.45. The Kier molecular flexibility index (Phi) is 6.57. The molecule has 1 aromatic carbocycles. The number of halogens is 1. The summed E-state index contributed by atoms with van der Waals surface area (Å²) < 4.78 is 22.6. The number of hydrogen-bond donors (Lipinski definition) is 0. The number of carbonyl (C=O) groups excluding carboxylic acids is 2. The number of carbonyl (C=O) groups is 2. The molecule has 1 unspecified atom stereocenters. The van der Waals surface area contributed by atoms with Gasteiger partial charge in [-0.15, -0.1) is 0 Å². The van der Waals surface area contributed by atoms with Gasteiger partial charge in [0, 0.05) is 6.42 Å². The summed E-state index contributed by atoms with van der Waals surface area (Å²) in [5, 5.41) is 0. The summed E-state index contributed by atoms with van der Waals surface area (Å²) >= 11 is 0. The molecular formula is C14H17FO4. The molecule has 0 aromatic heterocycles. The molecule has 0 spiro atoms. The average Bonchev–Trinajstić information content (AvgIpc) is 2.43. The zero-order chi connectivity index (χ0) is 14.1. The summed E-state index contributed by atoms with van der Waals surface area (Å²) in [6.07, 6.45) is -1.80. The Morgan fingerprint density at radius 1 is 1.21 bits per heavy atom. The third-order valence-corrected chi connectivity index (χ3v) is 2.52. The summed E-state index contributed by atoms with van der Waals surface area (Å²) in [7, 11) is 1.20. The lowest BCUT2D eigenvalue weighted by atomic mass is 10.1. The van der Waals surface area contributed by atoms with Gasteiger partial charge in [-0.25, -0.2) is 4.39 Å². The molecule has 19 heavy (non-hydrogen) atoms. The van der Waals surface area contributed by atoms with Gasteiger partial charge < -0.3 is 9.47 Å². The van der Waals surface area contributed by atoms with Gasteiger partial charge in [-0.3, -0.25) is 9.59 Å². The third-order valence-electron chi connectivity index (χ3n) is 2.52. The molecule has 0 aliphatic carbocycles. The monoisotopic (exact) mass is 268 g/mol. The van der Waals surface area contributed by atoms with Crippen LogP contribution < -0.4 is 0 Å². The second-order valence-corrected chi connectivity index (χ2v) is 4.06. The van der Waals surface area contributed by atoms with E-state index in [-0.39, 0.29) is 25.9 Å². The number of benzene rings is 1. The zero-order valence-corrected chi connectivity index (χ0v) is 10.8. The van der Waals surface area contributed by atoms with Crippen LogP contribution in [0.5, 0.6) is 0 Å². The summed E-state index contributed by atoms with van der Waals surface area (Å²) in [6, 6.07) is 9.23. The van der Waals surface area contributed by atoms with Crippen LogP contribution in [0.15, 0.2) is 30.3 Å². The number of alkyl halides is 1. The Hall–Kier alpha value is -1.91. The summed E-state index contributed by atoms with van der Waals surface area (Å²) in [5.41, 5.74) is 0.877. The lowest BCUT2D eigenvalue weighted by molar-refractivity contribution is -0.146. The van der Waals surface area contributed by atoms with Crippen molar-refractivity contribution in [1.29, 1.82) is 0 Å². The van der Waals surface area contributed by atoms with Crippen LogP contribution in [0.25, 0.3) is 0 Å². The van der Waals surface area contributed by atoms with E-state index in [0.717, 1.165) is 5.56 Å². The van der Waals surface area contributed by atoms with Gasteiger partial charge >= 0.3 is 11.9 Å². The molecule has 0 heterocycles. The minimum absolute atomic E-state index is 0.0390. The van der Waals surface area contributed by atoms with E-state index in [1.165, 1.54) is 7.11 Å². The standard InChI is InChI=1S/C14H17FO4/c1-18-14(17)9-12(15)7-8-13(16)19-10-11-5-3-2-4-6-11/h2-6,12H,7-10H2,1H3. The number of hydrogen-bond acceptors (Lipinski definition) is 4. The maximum Gasteiger partial charge on any atom is 0.308 e. The molecule has 0 aliphatic heterocycles. The van der Waals surface area contributed by atoms with Crippen molar-refractivity contribution in [1.82, 2.24) is 0 Å². The largest absolute Gasteiger partial charge is 0.469 e. The molecule has 4 nitrogen and oxygen atoms in total. The quantitative estimate of drug-likeness (QED) is 0.713. The zero-order valence-electron chi connectivity index (χ0n) is 10.8. The van der Waals surface area contributed by atoms with E-state index in [4.69, 9.17) is 4.74 Å². The van der Waals surface area contributed by atoms with Crippen molar-refractivity contribution in [2.24, 2.45) is 0 Å². The molecule has 0 N–H and O–H groups in total. The van der Waals surface area contributed by atoms with E-state index in [0.29, 0.717) is 0 Å². The number of rotatable bonds is 7. The Labute approximate surface area is 111 Å². The highest BCUT2D eigenvalue weighted by atomic mass is 19.1. The van der Waals surface area contributed by atoms with Gasteiger partial charge in [0.25, 0.3) is 0 Å². The number of ether oxygens (including phenoxy) is 2. The fourth-order valence-corrected chi connectivity index (χ4v) is 1.45. The second-order valence-electron chi connectivity index (χ2n) is 4.06. The minimum Gasteiger partial charge on any atom is -0.469 e. The average molecular weight is 268 g/mol. The van der Waals surface area contributed by atoms with Crippen molar-refractivity contribution in [3.8, 4) is 0 Å². The normalized spacial score (nSPS) is 11.7. The number of methoxy groups -OCH3 is 1. The maximum absolute atomic E-state index is 13.3. The van der Waals surface area contributed by atoms with Crippen molar-refractivity contribution >= 4 is 11.9 Å². The maximum atomic E-state index is 13.3. The summed E-state index contributed by atoms with van der Waals surface area (Å²) in [6.45, 7) is 0.174. The van der Waals surface area contributed by atoms with E-state index >= 15 is 0 Å². The molecule has 1 atom stereocenters. The van der Waals surface area contributed by atoms with Crippen LogP contribution >= 0.6 is 0 Å². The predicted molar refractivity (Wildman–Crippen MR) is 67.0 cm³/mol. The molecule has 0 saturated heterocycles. The topological polar surface area (TPSA) is 52.6 Å². The molecule has 0 amide bonds. The van der Waals surface area contributed by atoms with Gasteiger partial charge in [-0.2, -0.15) is 0 Å². The molecule has 1 aromatic rings. The van der Waals surface area contributed by atoms with Gasteiger partial charge in [0.15, 0.2) is 0 Å². The Bertz CT molecular complexity index is 405. The summed E-state index contributed by atoms with van der Waals surface area (Å²) in [5.74, 6) is -1.10. The first-order valence-corrected chi connectivity index (χ1v) is 6.02. The Morgan fingerprint density at radius 2 is 1.89 bits per heavy atom. The highest BCUT2D eigenvalue weighted by molar-refractivity contribution is 5.71. The number of esters is 2. The first kappa shape index (κ1) is 15.1. The Balaban J connectivity index is 2.19. The highest BCUT2D eigenvalue weighted by Crippen LogP contribution is 2.09. The molecule has 0 bridgehead atoms. The molecule has 1 rings (SSSR count). The van der Waals surface area contributed by atoms with E-state index < -0.39 is 18.1 Å². The van der Waals surface area contributed by atoms with Crippen molar-refractivity contribution < 1.29 is 23.5 Å². The molecule has 104 valence electrons. The first-order valence-electron chi connectivity index (χ1n) is 6.02. The smallest absolute Gasteiger partial charge is 0.308 e. The van der Waals surface area contributed by atoms with Gasteiger partial charge in [0.1, 0.15) is 12.8 Å². The molecule has 0 saturated carbocycles. The summed E-state index contributed by atoms with van der Waals surface area (Å²) in [4.78, 5) is 22.2. The van der Waals surface area contributed by atoms with E-state index in [1.807, 2.05) is 30.3 Å². The fraction of sp³-hybridized carbons (Fsp3) is 0.429. The van der Waals surface area contributed by atoms with Gasteiger partial charge in [0.2, 0.25) is 0 Å². The van der Waals surface area contributed by atoms with Crippen LogP contribution in [0.2, 0.25) is 0 Å². The Morgan fingerprint density at radius 3 is 2.53 bits per heavy atom. The first-order chi connectivity index (χ1) is 9.11. The van der Waals surface area contributed by atoms with Gasteiger partial charge in [-0.05, 0) is 12.0 Å². The van der Waals surface area contributed by atoms with Crippen LogP contribution in [0.3, 0.4) is 0 Å². The van der Waals surface area contributed by atoms with Crippen molar-refractivity contribution in [3.63, 3.8) is 0 Å². The van der Waals surface area contributed by atoms with E-state index in [9.17, 15) is 14.0 Å². The molecule has 0 aliphatic rings. The van der Waals surface area contributed by atoms with Crippen molar-refractivity contribution in [3.05, 3.63) is 35.9 Å². The minimum atomic E-state index is -1.38. The van der Waals surface area contributed by atoms with Gasteiger partial charge in [0.05, 0.1) is 13.5 Å². The van der Waals surface area contributed by atoms with Crippen LogP contribution in [-0.4, -0.2) is 25.2 Å². The molecule has 0 fully saturated rings. The lowest BCUT2D eigenvalue weighted by Gasteiger charge is -2.07. The molecule has 5 heteroatoms. The van der Waals surface area contributed by atoms with Crippen LogP contribution in [-0.2, 0) is 25.7 Å². The highest BCUT2D eigenvalue weighted by Gasteiger charge is 2.15. The molecule has 0 radical (unpaired) electrons. The van der Waals surface area contributed by atoms with E-state index in [1.54, 1.807) is 0 Å². The SMILES string of the molecule is COC(=O)CC(F)CCC(=O)OCc1ccccc1. The second kappa shape index (κ2) is 8.24. The van der Waals surface area contributed by atoms with Crippen molar-refractivity contribution in [2.45, 2.75) is 32.0 Å². The van der Waals surface area contributed by atoms with Gasteiger partial charge in [-0.1, -0.05) is 30.3 Å². The van der Waals surface area contributed by atoms with Crippen LogP contribution in [0, 0.1) is 0 Å². The van der Waals surface area contributed by atoms with Crippen LogP contribution in [0.1, 0.15) is 24.8 Å². The van der Waals surface area contributed by atoms with Crippen LogP contribution in [0.4, 0.5) is 4.39 Å². The molecular weight excluding hydrogens is 251 g/mol. The third kappa shape index (κ3) is 6.55. The van der Waals surface area contributed by atoms with Crippen molar-refractivity contribution in [2.75, 3.05) is 7.11 Å². The lowest BCUT2D eigenvalue weighted by Crippen LogP contribution is -2.13. The van der Waals surface area contributed by atoms with E-state index in [2.05, 4.69) is 4.74 Å².